The molecule has 9 heteroatoms. The Labute approximate surface area is 166 Å². The fourth-order valence-corrected chi connectivity index (χ4v) is 4.66. The number of carbonyl (C=O) groups excluding carboxylic acids is 1. The van der Waals surface area contributed by atoms with Crippen molar-refractivity contribution < 1.29 is 13.2 Å². The van der Waals surface area contributed by atoms with Gasteiger partial charge in [0, 0.05) is 43.8 Å². The average Bonchev–Trinajstić information content (AvgIpc) is 2.96. The van der Waals surface area contributed by atoms with Crippen LogP contribution in [0.1, 0.15) is 46.5 Å². The summed E-state index contributed by atoms with van der Waals surface area (Å²) in [6.45, 7) is 5.30. The summed E-state index contributed by atoms with van der Waals surface area (Å²) in [5.74, 6) is 0.601. The summed E-state index contributed by atoms with van der Waals surface area (Å²) < 4.78 is 27.0. The SMILES string of the molecule is Cc1nc(C(=O)NCCc2cccnc2)c(C)n1C1CCN(S(C)(=O)=O)CC1. The Kier molecular flexibility index (Phi) is 6.14. The van der Waals surface area contributed by atoms with Gasteiger partial charge in [-0.3, -0.25) is 9.78 Å². The zero-order valence-corrected chi connectivity index (χ0v) is 17.4. The maximum absolute atomic E-state index is 12.6. The highest BCUT2D eigenvalue weighted by molar-refractivity contribution is 7.88. The van der Waals surface area contributed by atoms with Crippen molar-refractivity contribution in [1.29, 1.82) is 0 Å². The molecule has 3 rings (SSSR count). The predicted octanol–water partition coefficient (Wildman–Crippen LogP) is 1.46. The fourth-order valence-electron chi connectivity index (χ4n) is 3.79. The molecule has 8 nitrogen and oxygen atoms in total. The molecule has 1 saturated heterocycles. The van der Waals surface area contributed by atoms with Crippen LogP contribution in [-0.2, 0) is 16.4 Å². The van der Waals surface area contributed by atoms with Crippen LogP contribution in [0.3, 0.4) is 0 Å². The number of nitrogens with zero attached hydrogens (tertiary/aromatic N) is 4. The maximum atomic E-state index is 12.6. The lowest BCUT2D eigenvalue weighted by Gasteiger charge is -2.32. The Morgan fingerprint density at radius 1 is 1.29 bits per heavy atom. The van der Waals surface area contributed by atoms with Crippen molar-refractivity contribution >= 4 is 15.9 Å². The number of imidazole rings is 1. The second-order valence-electron chi connectivity index (χ2n) is 7.22. The first-order valence-electron chi connectivity index (χ1n) is 9.45. The van der Waals surface area contributed by atoms with Crippen molar-refractivity contribution in [3.8, 4) is 0 Å². The van der Waals surface area contributed by atoms with Crippen LogP contribution in [-0.4, -0.2) is 59.1 Å². The van der Waals surface area contributed by atoms with E-state index in [4.69, 9.17) is 0 Å². The second kappa shape index (κ2) is 8.40. The van der Waals surface area contributed by atoms with Crippen LogP contribution in [0.25, 0.3) is 0 Å². The van der Waals surface area contributed by atoms with Crippen LogP contribution in [0, 0.1) is 13.8 Å². The number of amides is 1. The summed E-state index contributed by atoms with van der Waals surface area (Å²) in [5.41, 5.74) is 2.34. The minimum atomic E-state index is -3.15. The highest BCUT2D eigenvalue weighted by Gasteiger charge is 2.29. The Bertz CT molecular complexity index is 932. The van der Waals surface area contributed by atoms with Gasteiger partial charge in [-0.05, 0) is 44.7 Å². The van der Waals surface area contributed by atoms with Gasteiger partial charge in [-0.15, -0.1) is 0 Å². The van der Waals surface area contributed by atoms with Gasteiger partial charge in [-0.1, -0.05) is 6.07 Å². The topological polar surface area (TPSA) is 97.2 Å². The van der Waals surface area contributed by atoms with Crippen molar-refractivity contribution in [2.45, 2.75) is 39.2 Å². The van der Waals surface area contributed by atoms with E-state index in [0.717, 1.165) is 17.1 Å². The number of pyridine rings is 1. The van der Waals surface area contributed by atoms with Crippen molar-refractivity contribution in [3.05, 3.63) is 47.3 Å². The fraction of sp³-hybridized carbons (Fsp3) is 0.526. The molecule has 1 fully saturated rings. The monoisotopic (exact) mass is 405 g/mol. The molecule has 0 aromatic carbocycles. The number of aryl methyl sites for hydroxylation is 1. The molecule has 0 unspecified atom stereocenters. The van der Waals surface area contributed by atoms with E-state index in [1.54, 1.807) is 12.4 Å². The van der Waals surface area contributed by atoms with E-state index >= 15 is 0 Å². The number of hydrogen-bond donors (Lipinski definition) is 1. The van der Waals surface area contributed by atoms with Crippen molar-refractivity contribution in [2.75, 3.05) is 25.9 Å². The van der Waals surface area contributed by atoms with Crippen molar-refractivity contribution in [3.63, 3.8) is 0 Å². The quantitative estimate of drug-likeness (QED) is 0.785. The lowest BCUT2D eigenvalue weighted by atomic mass is 10.1. The van der Waals surface area contributed by atoms with E-state index in [1.165, 1.54) is 10.6 Å². The number of nitrogens with one attached hydrogen (secondary N) is 1. The normalized spacial score (nSPS) is 16.2. The van der Waals surface area contributed by atoms with E-state index < -0.39 is 10.0 Å². The highest BCUT2D eigenvalue weighted by atomic mass is 32.2. The van der Waals surface area contributed by atoms with E-state index in [9.17, 15) is 13.2 Å². The van der Waals surface area contributed by atoms with Crippen LogP contribution in [0.4, 0.5) is 0 Å². The minimum absolute atomic E-state index is 0.155. The molecule has 3 heterocycles. The number of piperidine rings is 1. The summed E-state index contributed by atoms with van der Waals surface area (Å²) in [6.07, 6.45) is 6.90. The number of hydrogen-bond acceptors (Lipinski definition) is 5. The van der Waals surface area contributed by atoms with E-state index in [2.05, 4.69) is 19.9 Å². The average molecular weight is 406 g/mol. The number of aromatic nitrogens is 3. The molecule has 1 aliphatic rings. The van der Waals surface area contributed by atoms with Gasteiger partial charge in [0.05, 0.1) is 6.26 Å². The van der Waals surface area contributed by atoms with Crippen molar-refractivity contribution in [1.82, 2.24) is 24.2 Å². The third-order valence-corrected chi connectivity index (χ3v) is 6.52. The molecule has 2 aromatic heterocycles. The molecule has 152 valence electrons. The summed E-state index contributed by atoms with van der Waals surface area (Å²) in [6, 6.07) is 4.01. The summed E-state index contributed by atoms with van der Waals surface area (Å²) in [4.78, 5) is 21.2. The zero-order valence-electron chi connectivity index (χ0n) is 16.6. The van der Waals surface area contributed by atoms with Gasteiger partial charge in [0.25, 0.3) is 5.91 Å². The van der Waals surface area contributed by atoms with Crippen LogP contribution in [0.2, 0.25) is 0 Å². The zero-order chi connectivity index (χ0) is 20.3. The molecule has 28 heavy (non-hydrogen) atoms. The first kappa shape index (κ1) is 20.5. The first-order chi connectivity index (χ1) is 13.3. The van der Waals surface area contributed by atoms with E-state index in [-0.39, 0.29) is 11.9 Å². The predicted molar refractivity (Wildman–Crippen MR) is 107 cm³/mol. The third-order valence-electron chi connectivity index (χ3n) is 5.22. The van der Waals surface area contributed by atoms with Crippen LogP contribution in [0.15, 0.2) is 24.5 Å². The van der Waals surface area contributed by atoms with Gasteiger partial charge in [-0.25, -0.2) is 17.7 Å². The molecule has 1 amide bonds. The molecule has 1 aliphatic heterocycles. The third kappa shape index (κ3) is 4.59. The molecular weight excluding hydrogens is 378 g/mol. The highest BCUT2D eigenvalue weighted by Crippen LogP contribution is 2.27. The van der Waals surface area contributed by atoms with Gasteiger partial charge >= 0.3 is 0 Å². The molecule has 2 aromatic rings. The molecule has 0 spiro atoms. The Morgan fingerprint density at radius 3 is 2.61 bits per heavy atom. The van der Waals surface area contributed by atoms with Gasteiger partial charge < -0.3 is 9.88 Å². The molecule has 0 saturated carbocycles. The minimum Gasteiger partial charge on any atom is -0.350 e. The number of carbonyl (C=O) groups is 1. The molecule has 0 bridgehead atoms. The largest absolute Gasteiger partial charge is 0.350 e. The lowest BCUT2D eigenvalue weighted by Crippen LogP contribution is -2.38. The first-order valence-corrected chi connectivity index (χ1v) is 11.3. The summed E-state index contributed by atoms with van der Waals surface area (Å²) in [7, 11) is -3.15. The lowest BCUT2D eigenvalue weighted by molar-refractivity contribution is 0.0948. The molecular formula is C19H27N5O3S. The Morgan fingerprint density at radius 2 is 2.00 bits per heavy atom. The number of rotatable bonds is 6. The molecule has 0 aliphatic carbocycles. The van der Waals surface area contributed by atoms with Crippen LogP contribution >= 0.6 is 0 Å². The van der Waals surface area contributed by atoms with E-state index in [1.807, 2.05) is 26.0 Å². The number of sulfonamides is 1. The van der Waals surface area contributed by atoms with E-state index in [0.29, 0.717) is 44.6 Å². The molecule has 1 N–H and O–H groups in total. The van der Waals surface area contributed by atoms with Gasteiger partial charge in [-0.2, -0.15) is 0 Å². The second-order valence-corrected chi connectivity index (χ2v) is 9.21. The molecule has 0 atom stereocenters. The van der Waals surface area contributed by atoms with Gasteiger partial charge in [0.1, 0.15) is 11.5 Å². The van der Waals surface area contributed by atoms with Crippen LogP contribution in [0.5, 0.6) is 0 Å². The summed E-state index contributed by atoms with van der Waals surface area (Å²) >= 11 is 0. The smallest absolute Gasteiger partial charge is 0.271 e. The van der Waals surface area contributed by atoms with Crippen molar-refractivity contribution in [2.24, 2.45) is 0 Å². The van der Waals surface area contributed by atoms with Crippen LogP contribution < -0.4 is 5.32 Å². The Balaban J connectivity index is 1.64. The van der Waals surface area contributed by atoms with Gasteiger partial charge in [0.15, 0.2) is 0 Å². The Hall–Kier alpha value is -2.26. The summed E-state index contributed by atoms with van der Waals surface area (Å²) in [5, 5.41) is 2.93. The standard InChI is InChI=1S/C19H27N5O3S/c1-14-18(19(25)21-10-6-16-5-4-9-20-13-16)22-15(2)24(14)17-7-11-23(12-8-17)28(3,26)27/h4-5,9,13,17H,6-8,10-12H2,1-3H3,(H,21,25). The maximum Gasteiger partial charge on any atom is 0.271 e. The molecule has 0 radical (unpaired) electrons. The van der Waals surface area contributed by atoms with Gasteiger partial charge in [0.2, 0.25) is 10.0 Å².